The third-order valence-electron chi connectivity index (χ3n) is 2.69. The Balaban J connectivity index is 2.01. The van der Waals surface area contributed by atoms with Crippen LogP contribution in [-0.4, -0.2) is 25.8 Å². The van der Waals surface area contributed by atoms with Gasteiger partial charge >= 0.3 is 0 Å². The fourth-order valence-electron chi connectivity index (χ4n) is 1.92. The summed E-state index contributed by atoms with van der Waals surface area (Å²) in [7, 11) is 0. The molecule has 1 heterocycles. The van der Waals surface area contributed by atoms with Crippen LogP contribution in [0, 0.1) is 0 Å². The lowest BCUT2D eigenvalue weighted by molar-refractivity contribution is 0.159. The Morgan fingerprint density at radius 2 is 2.12 bits per heavy atom. The van der Waals surface area contributed by atoms with Crippen LogP contribution in [0.15, 0.2) is 24.3 Å². The molecule has 3 nitrogen and oxygen atoms in total. The van der Waals surface area contributed by atoms with Crippen molar-refractivity contribution in [3.8, 4) is 11.5 Å². The number of hydrogen-bond donors (Lipinski definition) is 1. The second-order valence-electron chi connectivity index (χ2n) is 3.97. The molecule has 1 aliphatic rings. The van der Waals surface area contributed by atoms with Crippen molar-refractivity contribution in [2.75, 3.05) is 19.7 Å². The first-order valence-electron chi connectivity index (χ1n) is 5.99. The molecule has 0 aromatic heterocycles. The molecule has 1 aliphatic heterocycles. The van der Waals surface area contributed by atoms with Gasteiger partial charge in [-0.1, -0.05) is 12.1 Å². The van der Waals surface area contributed by atoms with Gasteiger partial charge in [0.15, 0.2) is 11.5 Å². The van der Waals surface area contributed by atoms with Crippen molar-refractivity contribution in [1.29, 1.82) is 0 Å². The minimum Gasteiger partial charge on any atom is -0.490 e. The van der Waals surface area contributed by atoms with Crippen LogP contribution in [0.5, 0.6) is 11.5 Å². The summed E-state index contributed by atoms with van der Waals surface area (Å²) in [4.78, 5) is 0. The molecule has 0 bridgehead atoms. The van der Waals surface area contributed by atoms with E-state index in [1.165, 1.54) is 6.42 Å². The molecule has 1 N–H and O–H groups in total. The number of benzene rings is 1. The van der Waals surface area contributed by atoms with Crippen molar-refractivity contribution < 1.29 is 9.47 Å². The van der Waals surface area contributed by atoms with Crippen molar-refractivity contribution in [3.05, 3.63) is 24.3 Å². The van der Waals surface area contributed by atoms with Crippen LogP contribution in [0.25, 0.3) is 0 Å². The van der Waals surface area contributed by atoms with Crippen LogP contribution in [0.2, 0.25) is 0 Å². The van der Waals surface area contributed by atoms with E-state index in [-0.39, 0.29) is 6.10 Å². The average molecular weight is 221 g/mol. The monoisotopic (exact) mass is 221 g/mol. The lowest BCUT2D eigenvalue weighted by atomic mass is 10.1. The first kappa shape index (κ1) is 11.3. The van der Waals surface area contributed by atoms with Crippen molar-refractivity contribution >= 4 is 0 Å². The normalized spacial score (nSPS) is 20.4. The summed E-state index contributed by atoms with van der Waals surface area (Å²) in [5.41, 5.74) is 0. The largest absolute Gasteiger partial charge is 0.490 e. The molecule has 1 aromatic carbocycles. The average Bonchev–Trinajstić information content (AvgIpc) is 2.33. The zero-order chi connectivity index (χ0) is 11.2. The zero-order valence-corrected chi connectivity index (χ0v) is 9.74. The van der Waals surface area contributed by atoms with E-state index >= 15 is 0 Å². The number of ether oxygens (including phenoxy) is 2. The van der Waals surface area contributed by atoms with Crippen LogP contribution >= 0.6 is 0 Å². The van der Waals surface area contributed by atoms with E-state index in [9.17, 15) is 0 Å². The predicted molar refractivity (Wildman–Crippen MR) is 64.1 cm³/mol. The Hall–Kier alpha value is -1.22. The molecule has 0 amide bonds. The maximum absolute atomic E-state index is 5.95. The zero-order valence-electron chi connectivity index (χ0n) is 9.74. The number of piperidine rings is 1. The molecule has 1 saturated heterocycles. The Bertz CT molecular complexity index is 321. The third-order valence-corrected chi connectivity index (χ3v) is 2.69. The highest BCUT2D eigenvalue weighted by molar-refractivity contribution is 5.39. The third kappa shape index (κ3) is 2.89. The number of hydrogen-bond acceptors (Lipinski definition) is 3. The number of nitrogens with one attached hydrogen (secondary N) is 1. The van der Waals surface area contributed by atoms with Crippen molar-refractivity contribution in [2.24, 2.45) is 0 Å². The molecule has 1 unspecified atom stereocenters. The quantitative estimate of drug-likeness (QED) is 0.845. The van der Waals surface area contributed by atoms with Gasteiger partial charge in [-0.2, -0.15) is 0 Å². The minimum atomic E-state index is 0.273. The summed E-state index contributed by atoms with van der Waals surface area (Å²) >= 11 is 0. The maximum Gasteiger partial charge on any atom is 0.161 e. The first-order valence-corrected chi connectivity index (χ1v) is 5.99. The molecule has 3 heteroatoms. The molecule has 1 fully saturated rings. The Morgan fingerprint density at radius 1 is 1.31 bits per heavy atom. The van der Waals surface area contributed by atoms with Gasteiger partial charge in [-0.25, -0.2) is 0 Å². The van der Waals surface area contributed by atoms with Crippen molar-refractivity contribution in [1.82, 2.24) is 5.32 Å². The van der Waals surface area contributed by atoms with E-state index in [0.717, 1.165) is 31.0 Å². The Kier molecular flexibility index (Phi) is 4.05. The highest BCUT2D eigenvalue weighted by Crippen LogP contribution is 2.28. The highest BCUT2D eigenvalue weighted by Gasteiger charge is 2.16. The SMILES string of the molecule is CCOc1ccccc1OC1CCCNC1. The van der Waals surface area contributed by atoms with E-state index in [1.807, 2.05) is 31.2 Å². The molecule has 88 valence electrons. The number of rotatable bonds is 4. The molecular weight excluding hydrogens is 202 g/mol. The molecule has 16 heavy (non-hydrogen) atoms. The fraction of sp³-hybridized carbons (Fsp3) is 0.538. The van der Waals surface area contributed by atoms with Gasteiger partial charge in [0.05, 0.1) is 6.61 Å². The minimum absolute atomic E-state index is 0.273. The van der Waals surface area contributed by atoms with E-state index in [2.05, 4.69) is 5.32 Å². The summed E-state index contributed by atoms with van der Waals surface area (Å²) in [6.45, 7) is 4.69. The van der Waals surface area contributed by atoms with Gasteiger partial charge in [-0.15, -0.1) is 0 Å². The topological polar surface area (TPSA) is 30.5 Å². The first-order chi connectivity index (χ1) is 7.90. The van der Waals surface area contributed by atoms with Gasteiger partial charge in [-0.3, -0.25) is 0 Å². The molecule has 0 saturated carbocycles. The predicted octanol–water partition coefficient (Wildman–Crippen LogP) is 2.22. The molecule has 2 rings (SSSR count). The smallest absolute Gasteiger partial charge is 0.161 e. The van der Waals surface area contributed by atoms with Crippen LogP contribution in [0.4, 0.5) is 0 Å². The molecule has 0 aliphatic carbocycles. The van der Waals surface area contributed by atoms with Crippen molar-refractivity contribution in [3.63, 3.8) is 0 Å². The van der Waals surface area contributed by atoms with Crippen LogP contribution < -0.4 is 14.8 Å². The van der Waals surface area contributed by atoms with Gasteiger partial charge in [0, 0.05) is 6.54 Å². The standard InChI is InChI=1S/C13H19NO2/c1-2-15-12-7-3-4-8-13(12)16-11-6-5-9-14-10-11/h3-4,7-8,11,14H,2,5-6,9-10H2,1H3. The van der Waals surface area contributed by atoms with Crippen LogP contribution in [0.1, 0.15) is 19.8 Å². The second kappa shape index (κ2) is 5.75. The molecule has 0 spiro atoms. The van der Waals surface area contributed by atoms with Gasteiger partial charge in [-0.05, 0) is 38.4 Å². The lowest BCUT2D eigenvalue weighted by Crippen LogP contribution is -2.37. The lowest BCUT2D eigenvalue weighted by Gasteiger charge is -2.24. The van der Waals surface area contributed by atoms with Gasteiger partial charge in [0.2, 0.25) is 0 Å². The van der Waals surface area contributed by atoms with E-state index < -0.39 is 0 Å². The Morgan fingerprint density at radius 3 is 2.81 bits per heavy atom. The summed E-state index contributed by atoms with van der Waals surface area (Å²) in [6.07, 6.45) is 2.57. The van der Waals surface area contributed by atoms with Crippen molar-refractivity contribution in [2.45, 2.75) is 25.9 Å². The summed E-state index contributed by atoms with van der Waals surface area (Å²) in [5, 5.41) is 3.34. The summed E-state index contributed by atoms with van der Waals surface area (Å²) in [5.74, 6) is 1.70. The number of para-hydroxylation sites is 2. The van der Waals surface area contributed by atoms with Crippen LogP contribution in [-0.2, 0) is 0 Å². The Labute approximate surface area is 96.8 Å². The fourth-order valence-corrected chi connectivity index (χ4v) is 1.92. The highest BCUT2D eigenvalue weighted by atomic mass is 16.5. The van der Waals surface area contributed by atoms with E-state index in [0.29, 0.717) is 6.61 Å². The summed E-state index contributed by atoms with van der Waals surface area (Å²) < 4.78 is 11.5. The molecule has 1 aromatic rings. The molecular formula is C13H19NO2. The summed E-state index contributed by atoms with van der Waals surface area (Å²) in [6, 6.07) is 7.87. The van der Waals surface area contributed by atoms with Gasteiger partial charge in [0.25, 0.3) is 0 Å². The molecule has 1 atom stereocenters. The van der Waals surface area contributed by atoms with Gasteiger partial charge in [0.1, 0.15) is 6.10 Å². The second-order valence-corrected chi connectivity index (χ2v) is 3.97. The maximum atomic E-state index is 5.95. The molecule has 0 radical (unpaired) electrons. The van der Waals surface area contributed by atoms with Gasteiger partial charge < -0.3 is 14.8 Å². The van der Waals surface area contributed by atoms with E-state index in [4.69, 9.17) is 9.47 Å². The van der Waals surface area contributed by atoms with E-state index in [1.54, 1.807) is 0 Å². The van der Waals surface area contributed by atoms with Crippen LogP contribution in [0.3, 0.4) is 0 Å².